The van der Waals surface area contributed by atoms with Crippen molar-refractivity contribution in [2.75, 3.05) is 6.54 Å². The number of hydrogen-bond acceptors (Lipinski definition) is 2. The van der Waals surface area contributed by atoms with E-state index in [1.165, 1.54) is 18.2 Å². The van der Waals surface area contributed by atoms with E-state index in [0.717, 1.165) is 0 Å². The fourth-order valence-corrected chi connectivity index (χ4v) is 1.05. The second kappa shape index (κ2) is 5.67. The van der Waals surface area contributed by atoms with Gasteiger partial charge in [-0.3, -0.25) is 0 Å². The maximum absolute atomic E-state index is 12.8. The van der Waals surface area contributed by atoms with Crippen LogP contribution in [0.1, 0.15) is 12.0 Å². The lowest BCUT2D eigenvalue weighted by Crippen LogP contribution is -1.79. The first-order valence-corrected chi connectivity index (χ1v) is 4.40. The summed E-state index contributed by atoms with van der Waals surface area (Å²) < 4.78 is 12.8. The molecular weight excluding hydrogens is 197 g/mol. The van der Waals surface area contributed by atoms with Crippen molar-refractivity contribution in [1.29, 1.82) is 0 Å². The molecule has 0 radical (unpaired) electrons. The van der Waals surface area contributed by atoms with E-state index in [4.69, 9.17) is 5.53 Å². The van der Waals surface area contributed by atoms with Crippen molar-refractivity contribution < 1.29 is 9.50 Å². The van der Waals surface area contributed by atoms with Crippen LogP contribution in [0.5, 0.6) is 5.75 Å². The van der Waals surface area contributed by atoms with Crippen LogP contribution in [0.4, 0.5) is 4.39 Å². The summed E-state index contributed by atoms with van der Waals surface area (Å²) in [6, 6.07) is 3.72. The first-order chi connectivity index (χ1) is 7.24. The molecule has 0 heterocycles. The van der Waals surface area contributed by atoms with Crippen molar-refractivity contribution in [3.05, 3.63) is 46.1 Å². The van der Waals surface area contributed by atoms with Gasteiger partial charge in [0.1, 0.15) is 11.6 Å². The van der Waals surface area contributed by atoms with Crippen LogP contribution in [0.2, 0.25) is 0 Å². The summed E-state index contributed by atoms with van der Waals surface area (Å²) in [7, 11) is 0. The number of aromatic hydroxyl groups is 1. The van der Waals surface area contributed by atoms with E-state index in [-0.39, 0.29) is 5.75 Å². The molecule has 0 unspecified atom stereocenters. The molecule has 0 amide bonds. The molecule has 0 atom stereocenters. The van der Waals surface area contributed by atoms with E-state index in [1.807, 2.05) is 0 Å². The molecule has 0 saturated heterocycles. The predicted molar refractivity (Wildman–Crippen MR) is 55.7 cm³/mol. The number of phenolic OH excluding ortho intramolecular Hbond substituents is 1. The zero-order valence-corrected chi connectivity index (χ0v) is 7.97. The maximum Gasteiger partial charge on any atom is 0.124 e. The minimum absolute atomic E-state index is 0.0245. The Kier molecular flexibility index (Phi) is 4.19. The molecule has 0 aliphatic rings. The van der Waals surface area contributed by atoms with Gasteiger partial charge in [-0.2, -0.15) is 0 Å². The van der Waals surface area contributed by atoms with E-state index in [0.29, 0.717) is 18.5 Å². The van der Waals surface area contributed by atoms with Crippen molar-refractivity contribution in [3.8, 4) is 5.75 Å². The fourth-order valence-electron chi connectivity index (χ4n) is 1.05. The van der Waals surface area contributed by atoms with Crippen LogP contribution in [0.3, 0.4) is 0 Å². The smallest absolute Gasteiger partial charge is 0.124 e. The number of nitrogens with zero attached hydrogens (tertiary/aromatic N) is 3. The molecule has 78 valence electrons. The van der Waals surface area contributed by atoms with Crippen LogP contribution < -0.4 is 0 Å². The normalized spacial score (nSPS) is 10.2. The van der Waals surface area contributed by atoms with Crippen LogP contribution in [-0.4, -0.2) is 11.7 Å². The quantitative estimate of drug-likeness (QED) is 0.350. The van der Waals surface area contributed by atoms with Gasteiger partial charge in [0.2, 0.25) is 0 Å². The molecule has 0 aliphatic heterocycles. The molecule has 1 aromatic carbocycles. The Balaban J connectivity index is 2.63. The number of hydrogen-bond donors (Lipinski definition) is 1. The molecule has 0 spiro atoms. The zero-order valence-electron chi connectivity index (χ0n) is 7.97. The third-order valence-corrected chi connectivity index (χ3v) is 1.75. The summed E-state index contributed by atoms with van der Waals surface area (Å²) in [4.78, 5) is 2.59. The van der Waals surface area contributed by atoms with Crippen LogP contribution in [-0.2, 0) is 0 Å². The second-order valence-corrected chi connectivity index (χ2v) is 2.85. The largest absolute Gasteiger partial charge is 0.507 e. The van der Waals surface area contributed by atoms with Crippen LogP contribution in [0.15, 0.2) is 29.4 Å². The molecule has 15 heavy (non-hydrogen) atoms. The van der Waals surface area contributed by atoms with Gasteiger partial charge >= 0.3 is 0 Å². The molecule has 1 aromatic rings. The highest BCUT2D eigenvalue weighted by molar-refractivity contribution is 5.56. The maximum atomic E-state index is 12.8. The minimum atomic E-state index is -0.400. The molecule has 0 aromatic heterocycles. The number of rotatable bonds is 4. The summed E-state index contributed by atoms with van der Waals surface area (Å²) in [5.41, 5.74) is 8.42. The van der Waals surface area contributed by atoms with Crippen LogP contribution in [0, 0.1) is 5.82 Å². The summed E-state index contributed by atoms with van der Waals surface area (Å²) >= 11 is 0. The Morgan fingerprint density at radius 2 is 2.33 bits per heavy atom. The van der Waals surface area contributed by atoms with Gasteiger partial charge in [0.15, 0.2) is 0 Å². The lowest BCUT2D eigenvalue weighted by Gasteiger charge is -1.98. The molecule has 0 bridgehead atoms. The third kappa shape index (κ3) is 3.70. The Morgan fingerprint density at radius 3 is 3.07 bits per heavy atom. The Bertz CT molecular complexity index is 411. The van der Waals surface area contributed by atoms with Crippen molar-refractivity contribution in [3.63, 3.8) is 0 Å². The van der Waals surface area contributed by atoms with E-state index in [9.17, 15) is 9.50 Å². The van der Waals surface area contributed by atoms with E-state index in [2.05, 4.69) is 10.0 Å². The van der Waals surface area contributed by atoms with Crippen LogP contribution in [0.25, 0.3) is 16.5 Å². The fraction of sp³-hybridized carbons (Fsp3) is 0.200. The second-order valence-electron chi connectivity index (χ2n) is 2.85. The van der Waals surface area contributed by atoms with Gasteiger partial charge < -0.3 is 5.11 Å². The lowest BCUT2D eigenvalue weighted by molar-refractivity contribution is 0.471. The van der Waals surface area contributed by atoms with E-state index >= 15 is 0 Å². The molecule has 1 N–H and O–H groups in total. The summed E-state index contributed by atoms with van der Waals surface area (Å²) in [6.45, 7) is 0.350. The SMILES string of the molecule is [N-]=[N+]=NCCC=Cc1cc(F)ccc1O. The molecule has 5 heteroatoms. The third-order valence-electron chi connectivity index (χ3n) is 1.75. The number of benzene rings is 1. The molecule has 0 aliphatic carbocycles. The summed E-state index contributed by atoms with van der Waals surface area (Å²) in [5, 5.41) is 12.7. The Morgan fingerprint density at radius 1 is 1.53 bits per heavy atom. The monoisotopic (exact) mass is 207 g/mol. The number of azide groups is 1. The number of halogens is 1. The molecule has 0 saturated carbocycles. The van der Waals surface area contributed by atoms with Crippen LogP contribution >= 0.6 is 0 Å². The van der Waals surface area contributed by atoms with Gasteiger partial charge in [0.25, 0.3) is 0 Å². The first kappa shape index (κ1) is 11.1. The summed E-state index contributed by atoms with van der Waals surface area (Å²) in [5.74, 6) is -0.376. The number of phenols is 1. The van der Waals surface area contributed by atoms with Crippen molar-refractivity contribution in [2.24, 2.45) is 5.11 Å². The van der Waals surface area contributed by atoms with Crippen molar-refractivity contribution >= 4 is 6.08 Å². The molecule has 0 fully saturated rings. The lowest BCUT2D eigenvalue weighted by atomic mass is 10.1. The van der Waals surface area contributed by atoms with E-state index in [1.54, 1.807) is 12.2 Å². The average molecular weight is 207 g/mol. The van der Waals surface area contributed by atoms with Crippen molar-refractivity contribution in [1.82, 2.24) is 0 Å². The van der Waals surface area contributed by atoms with Gasteiger partial charge in [-0.15, -0.1) is 0 Å². The van der Waals surface area contributed by atoms with Gasteiger partial charge in [-0.1, -0.05) is 17.3 Å². The standard InChI is InChI=1S/C10H10FN3O/c11-9-4-5-10(15)8(7-9)3-1-2-6-13-14-12/h1,3-5,7,15H,2,6H2. The average Bonchev–Trinajstić information content (AvgIpc) is 2.23. The molecule has 4 nitrogen and oxygen atoms in total. The highest BCUT2D eigenvalue weighted by Gasteiger charge is 1.97. The minimum Gasteiger partial charge on any atom is -0.507 e. The molecular formula is C10H10FN3O. The highest BCUT2D eigenvalue weighted by Crippen LogP contribution is 2.19. The molecule has 1 rings (SSSR count). The predicted octanol–water partition coefficient (Wildman–Crippen LogP) is 3.24. The highest BCUT2D eigenvalue weighted by atomic mass is 19.1. The van der Waals surface area contributed by atoms with Gasteiger partial charge in [-0.05, 0) is 30.2 Å². The van der Waals surface area contributed by atoms with Gasteiger partial charge in [-0.25, -0.2) is 4.39 Å². The summed E-state index contributed by atoms with van der Waals surface area (Å²) in [6.07, 6.45) is 3.86. The van der Waals surface area contributed by atoms with Gasteiger partial charge in [0.05, 0.1) is 0 Å². The van der Waals surface area contributed by atoms with E-state index < -0.39 is 5.82 Å². The Hall–Kier alpha value is -2.00. The van der Waals surface area contributed by atoms with Gasteiger partial charge in [0, 0.05) is 17.0 Å². The van der Waals surface area contributed by atoms with Crippen molar-refractivity contribution in [2.45, 2.75) is 6.42 Å². The zero-order chi connectivity index (χ0) is 11.1. The Labute approximate surface area is 86.3 Å². The topological polar surface area (TPSA) is 69.0 Å². The first-order valence-electron chi connectivity index (χ1n) is 4.40.